The number of hydrogen-bond acceptors (Lipinski definition) is 3. The minimum atomic E-state index is -0.175. The van der Waals surface area contributed by atoms with E-state index in [1.54, 1.807) is 18.4 Å². The summed E-state index contributed by atoms with van der Waals surface area (Å²) in [6, 6.07) is 2.08. The van der Waals surface area contributed by atoms with Crippen LogP contribution < -0.4 is 10.6 Å². The summed E-state index contributed by atoms with van der Waals surface area (Å²) in [4.78, 5) is 12.5. The van der Waals surface area contributed by atoms with Crippen LogP contribution in [-0.2, 0) is 4.79 Å². The van der Waals surface area contributed by atoms with Crippen molar-refractivity contribution in [1.29, 1.82) is 0 Å². The summed E-state index contributed by atoms with van der Waals surface area (Å²) >= 11 is 5.09. The normalized spacial score (nSPS) is 14.7. The molecule has 1 amide bonds. The molecule has 0 aliphatic carbocycles. The summed E-state index contributed by atoms with van der Waals surface area (Å²) in [5.41, 5.74) is 0. The molecule has 0 aliphatic heterocycles. The third-order valence-electron chi connectivity index (χ3n) is 2.15. The molecule has 2 unspecified atom stereocenters. The molecule has 0 fully saturated rings. The zero-order chi connectivity index (χ0) is 11.4. The summed E-state index contributed by atoms with van der Waals surface area (Å²) in [6.45, 7) is 3.91. The van der Waals surface area contributed by atoms with Crippen molar-refractivity contribution in [2.45, 2.75) is 25.9 Å². The van der Waals surface area contributed by atoms with Crippen LogP contribution in [0.25, 0.3) is 0 Å². The van der Waals surface area contributed by atoms with Gasteiger partial charge in [-0.05, 0) is 35.8 Å². The molecule has 0 aromatic carbocycles. The van der Waals surface area contributed by atoms with E-state index in [2.05, 4.69) is 39.6 Å². The molecule has 0 aliphatic rings. The lowest BCUT2D eigenvalue weighted by Crippen LogP contribution is -2.41. The Morgan fingerprint density at radius 3 is 2.67 bits per heavy atom. The molecular weight excluding hydrogens is 276 g/mol. The van der Waals surface area contributed by atoms with E-state index in [1.165, 1.54) is 4.88 Å². The maximum Gasteiger partial charge on any atom is 0.236 e. The first-order chi connectivity index (χ1) is 7.04. The molecule has 0 bridgehead atoms. The maximum absolute atomic E-state index is 11.3. The fourth-order valence-corrected chi connectivity index (χ4v) is 2.77. The molecule has 15 heavy (non-hydrogen) atoms. The van der Waals surface area contributed by atoms with Crippen LogP contribution in [0.4, 0.5) is 0 Å². The highest BCUT2D eigenvalue weighted by atomic mass is 79.9. The average molecular weight is 291 g/mol. The topological polar surface area (TPSA) is 41.1 Å². The third-order valence-corrected chi connectivity index (χ3v) is 4.03. The SMILES string of the molecule is CNC(=O)C(C)NC(C)c1cc(Br)cs1. The fourth-order valence-electron chi connectivity index (χ4n) is 1.30. The van der Waals surface area contributed by atoms with Crippen LogP contribution in [0.5, 0.6) is 0 Å². The van der Waals surface area contributed by atoms with Crippen LogP contribution in [0.1, 0.15) is 24.8 Å². The lowest BCUT2D eigenvalue weighted by atomic mass is 10.2. The van der Waals surface area contributed by atoms with Crippen LogP contribution in [0, 0.1) is 0 Å². The van der Waals surface area contributed by atoms with Gasteiger partial charge in [0.25, 0.3) is 0 Å². The predicted octanol–water partition coefficient (Wildman–Crippen LogP) is 2.30. The summed E-state index contributed by atoms with van der Waals surface area (Å²) < 4.78 is 1.09. The fraction of sp³-hybridized carbons (Fsp3) is 0.500. The molecule has 0 saturated heterocycles. The molecule has 0 spiro atoms. The molecule has 1 aromatic heterocycles. The van der Waals surface area contributed by atoms with E-state index < -0.39 is 0 Å². The van der Waals surface area contributed by atoms with Gasteiger partial charge in [-0.2, -0.15) is 0 Å². The zero-order valence-corrected chi connectivity index (χ0v) is 11.4. The van der Waals surface area contributed by atoms with Gasteiger partial charge in [0, 0.05) is 27.8 Å². The van der Waals surface area contributed by atoms with Gasteiger partial charge in [0.1, 0.15) is 0 Å². The Bertz CT molecular complexity index is 340. The number of carbonyl (C=O) groups excluding carboxylic acids is 1. The van der Waals surface area contributed by atoms with E-state index in [1.807, 2.05) is 12.3 Å². The van der Waals surface area contributed by atoms with Crippen molar-refractivity contribution >= 4 is 33.2 Å². The monoisotopic (exact) mass is 290 g/mol. The Morgan fingerprint density at radius 2 is 2.20 bits per heavy atom. The molecule has 1 aromatic rings. The van der Waals surface area contributed by atoms with Gasteiger partial charge in [-0.3, -0.25) is 10.1 Å². The molecule has 84 valence electrons. The second kappa shape index (κ2) is 5.63. The summed E-state index contributed by atoms with van der Waals surface area (Å²) in [6.07, 6.45) is 0. The first kappa shape index (κ1) is 12.7. The van der Waals surface area contributed by atoms with Crippen molar-refractivity contribution in [2.75, 3.05) is 7.05 Å². The Morgan fingerprint density at radius 1 is 1.53 bits per heavy atom. The minimum Gasteiger partial charge on any atom is -0.358 e. The van der Waals surface area contributed by atoms with Gasteiger partial charge in [-0.25, -0.2) is 0 Å². The van der Waals surface area contributed by atoms with Gasteiger partial charge in [-0.15, -0.1) is 11.3 Å². The van der Waals surface area contributed by atoms with Crippen molar-refractivity contribution < 1.29 is 4.79 Å². The predicted molar refractivity (Wildman–Crippen MR) is 67.1 cm³/mol. The van der Waals surface area contributed by atoms with Gasteiger partial charge in [0.05, 0.1) is 6.04 Å². The first-order valence-corrected chi connectivity index (χ1v) is 6.43. The number of carbonyl (C=O) groups is 1. The summed E-state index contributed by atoms with van der Waals surface area (Å²) in [5.74, 6) is 0.0115. The maximum atomic E-state index is 11.3. The summed E-state index contributed by atoms with van der Waals surface area (Å²) in [5, 5.41) is 7.90. The Kier molecular flexibility index (Phi) is 4.76. The molecule has 0 radical (unpaired) electrons. The largest absolute Gasteiger partial charge is 0.358 e. The van der Waals surface area contributed by atoms with E-state index in [9.17, 15) is 4.79 Å². The van der Waals surface area contributed by atoms with E-state index in [4.69, 9.17) is 0 Å². The van der Waals surface area contributed by atoms with Crippen molar-refractivity contribution in [2.24, 2.45) is 0 Å². The molecule has 2 N–H and O–H groups in total. The number of nitrogens with one attached hydrogen (secondary N) is 2. The van der Waals surface area contributed by atoms with Crippen molar-refractivity contribution in [3.8, 4) is 0 Å². The number of hydrogen-bond donors (Lipinski definition) is 2. The van der Waals surface area contributed by atoms with Crippen LogP contribution >= 0.6 is 27.3 Å². The molecule has 1 heterocycles. The standard InChI is InChI=1S/C10H15BrN2OS/c1-6(9-4-8(11)5-15-9)13-7(2)10(14)12-3/h4-7,13H,1-3H3,(H,12,14). The lowest BCUT2D eigenvalue weighted by Gasteiger charge is -2.17. The Balaban J connectivity index is 2.55. The van der Waals surface area contributed by atoms with E-state index in [-0.39, 0.29) is 18.0 Å². The number of likely N-dealkylation sites (N-methyl/N-ethyl adjacent to an activating group) is 1. The summed E-state index contributed by atoms with van der Waals surface area (Å²) in [7, 11) is 1.65. The third kappa shape index (κ3) is 3.59. The van der Waals surface area contributed by atoms with E-state index >= 15 is 0 Å². The van der Waals surface area contributed by atoms with E-state index in [0.29, 0.717) is 0 Å². The van der Waals surface area contributed by atoms with Gasteiger partial charge in [-0.1, -0.05) is 0 Å². The zero-order valence-electron chi connectivity index (χ0n) is 9.00. The molecule has 0 saturated carbocycles. The van der Waals surface area contributed by atoms with Crippen molar-refractivity contribution in [3.63, 3.8) is 0 Å². The van der Waals surface area contributed by atoms with E-state index in [0.717, 1.165) is 4.47 Å². The number of rotatable bonds is 4. The number of amides is 1. The molecule has 1 rings (SSSR count). The second-order valence-electron chi connectivity index (χ2n) is 3.39. The molecule has 3 nitrogen and oxygen atoms in total. The molecular formula is C10H15BrN2OS. The Labute approximate surface area is 102 Å². The quantitative estimate of drug-likeness (QED) is 0.893. The van der Waals surface area contributed by atoms with Crippen LogP contribution in [0.15, 0.2) is 15.9 Å². The van der Waals surface area contributed by atoms with Crippen LogP contribution in [0.2, 0.25) is 0 Å². The van der Waals surface area contributed by atoms with Crippen molar-refractivity contribution in [1.82, 2.24) is 10.6 Å². The highest BCUT2D eigenvalue weighted by Crippen LogP contribution is 2.25. The van der Waals surface area contributed by atoms with Crippen molar-refractivity contribution in [3.05, 3.63) is 20.8 Å². The highest BCUT2D eigenvalue weighted by molar-refractivity contribution is 9.10. The smallest absolute Gasteiger partial charge is 0.236 e. The second-order valence-corrected chi connectivity index (χ2v) is 5.25. The van der Waals surface area contributed by atoms with Gasteiger partial charge in [0.2, 0.25) is 5.91 Å². The van der Waals surface area contributed by atoms with Crippen LogP contribution in [-0.4, -0.2) is 19.0 Å². The molecule has 5 heteroatoms. The first-order valence-electron chi connectivity index (χ1n) is 4.76. The Hall–Kier alpha value is -0.390. The average Bonchev–Trinajstić information content (AvgIpc) is 2.63. The molecule has 2 atom stereocenters. The number of thiophene rings is 1. The minimum absolute atomic E-state index is 0.0115. The van der Waals surface area contributed by atoms with Gasteiger partial charge >= 0.3 is 0 Å². The van der Waals surface area contributed by atoms with Crippen LogP contribution in [0.3, 0.4) is 0 Å². The number of halogens is 1. The lowest BCUT2D eigenvalue weighted by molar-refractivity contribution is -0.122. The van der Waals surface area contributed by atoms with Gasteiger partial charge in [0.15, 0.2) is 0 Å². The van der Waals surface area contributed by atoms with Gasteiger partial charge < -0.3 is 5.32 Å². The highest BCUT2D eigenvalue weighted by Gasteiger charge is 2.15.